The lowest BCUT2D eigenvalue weighted by molar-refractivity contribution is -0.133. The van der Waals surface area contributed by atoms with Crippen LogP contribution in [0, 0.1) is 6.42 Å². The SMILES string of the molecule is O=C(O)[CH]CN1CCCC1. The van der Waals surface area contributed by atoms with Crippen LogP contribution < -0.4 is 0 Å². The Morgan fingerprint density at radius 1 is 1.50 bits per heavy atom. The molecule has 0 spiro atoms. The summed E-state index contributed by atoms with van der Waals surface area (Å²) >= 11 is 0. The molecule has 1 rings (SSSR count). The van der Waals surface area contributed by atoms with Crippen molar-refractivity contribution in [1.82, 2.24) is 4.90 Å². The van der Waals surface area contributed by atoms with Crippen molar-refractivity contribution in [3.63, 3.8) is 0 Å². The van der Waals surface area contributed by atoms with Crippen LogP contribution in [0.5, 0.6) is 0 Å². The van der Waals surface area contributed by atoms with Crippen LogP contribution in [-0.2, 0) is 4.79 Å². The van der Waals surface area contributed by atoms with Gasteiger partial charge in [0, 0.05) is 6.54 Å². The number of carbonyl (C=O) groups is 1. The van der Waals surface area contributed by atoms with Crippen molar-refractivity contribution in [2.75, 3.05) is 19.6 Å². The molecule has 0 aromatic heterocycles. The van der Waals surface area contributed by atoms with E-state index in [1.165, 1.54) is 19.3 Å². The van der Waals surface area contributed by atoms with Crippen LogP contribution in [0.25, 0.3) is 0 Å². The summed E-state index contributed by atoms with van der Waals surface area (Å²) in [7, 11) is 0. The fraction of sp³-hybridized carbons (Fsp3) is 0.714. The normalized spacial score (nSPS) is 19.6. The van der Waals surface area contributed by atoms with Crippen LogP contribution in [0.3, 0.4) is 0 Å². The van der Waals surface area contributed by atoms with Crippen LogP contribution >= 0.6 is 0 Å². The Balaban J connectivity index is 2.07. The van der Waals surface area contributed by atoms with Gasteiger partial charge >= 0.3 is 5.97 Å². The quantitative estimate of drug-likeness (QED) is 0.619. The summed E-state index contributed by atoms with van der Waals surface area (Å²) < 4.78 is 0. The summed E-state index contributed by atoms with van der Waals surface area (Å²) in [5, 5.41) is 8.29. The van der Waals surface area contributed by atoms with E-state index in [2.05, 4.69) is 4.90 Å². The summed E-state index contributed by atoms with van der Waals surface area (Å²) in [5.41, 5.74) is 0. The number of hydrogen-bond donors (Lipinski definition) is 1. The Morgan fingerprint density at radius 3 is 2.60 bits per heavy atom. The fourth-order valence-corrected chi connectivity index (χ4v) is 1.17. The largest absolute Gasteiger partial charge is 0.481 e. The van der Waals surface area contributed by atoms with Gasteiger partial charge in [-0.15, -0.1) is 0 Å². The summed E-state index contributed by atoms with van der Waals surface area (Å²) in [6, 6.07) is 0. The molecule has 0 unspecified atom stereocenters. The molecular weight excluding hydrogens is 130 g/mol. The fourth-order valence-electron chi connectivity index (χ4n) is 1.17. The van der Waals surface area contributed by atoms with Crippen molar-refractivity contribution < 1.29 is 9.90 Å². The van der Waals surface area contributed by atoms with Crippen LogP contribution in [0.2, 0.25) is 0 Å². The van der Waals surface area contributed by atoms with Crippen LogP contribution in [0.1, 0.15) is 12.8 Å². The van der Waals surface area contributed by atoms with E-state index in [0.29, 0.717) is 6.54 Å². The lowest BCUT2D eigenvalue weighted by atomic mass is 10.4. The maximum Gasteiger partial charge on any atom is 0.308 e. The van der Waals surface area contributed by atoms with Gasteiger partial charge in [0.2, 0.25) is 0 Å². The van der Waals surface area contributed by atoms with E-state index >= 15 is 0 Å². The summed E-state index contributed by atoms with van der Waals surface area (Å²) in [6.45, 7) is 2.73. The predicted molar refractivity (Wildman–Crippen MR) is 37.6 cm³/mol. The highest BCUT2D eigenvalue weighted by Crippen LogP contribution is 2.06. The van der Waals surface area contributed by atoms with Crippen molar-refractivity contribution in [3.8, 4) is 0 Å². The molecule has 1 N–H and O–H groups in total. The average molecular weight is 142 g/mol. The van der Waals surface area contributed by atoms with Crippen LogP contribution in [0.4, 0.5) is 0 Å². The lowest BCUT2D eigenvalue weighted by Crippen LogP contribution is -2.22. The molecule has 0 aromatic rings. The molecule has 0 amide bonds. The summed E-state index contributed by atoms with van der Waals surface area (Å²) in [6.07, 6.45) is 3.74. The van der Waals surface area contributed by atoms with E-state index < -0.39 is 5.97 Å². The van der Waals surface area contributed by atoms with Crippen molar-refractivity contribution in [1.29, 1.82) is 0 Å². The minimum absolute atomic E-state index is 0.606. The van der Waals surface area contributed by atoms with E-state index in [4.69, 9.17) is 5.11 Å². The van der Waals surface area contributed by atoms with E-state index in [-0.39, 0.29) is 0 Å². The smallest absolute Gasteiger partial charge is 0.308 e. The van der Waals surface area contributed by atoms with Gasteiger partial charge in [-0.2, -0.15) is 0 Å². The molecule has 10 heavy (non-hydrogen) atoms. The molecule has 0 aromatic carbocycles. The van der Waals surface area contributed by atoms with Gasteiger partial charge < -0.3 is 10.0 Å². The molecule has 0 aliphatic carbocycles. The Labute approximate surface area is 60.6 Å². The molecular formula is C7H12NO2. The number of carboxylic acid groups (broad SMARTS) is 1. The minimum atomic E-state index is -0.813. The molecule has 0 saturated carbocycles. The zero-order valence-corrected chi connectivity index (χ0v) is 5.92. The minimum Gasteiger partial charge on any atom is -0.481 e. The first-order valence-corrected chi connectivity index (χ1v) is 3.57. The van der Waals surface area contributed by atoms with Crippen molar-refractivity contribution >= 4 is 5.97 Å². The Kier molecular flexibility index (Phi) is 2.68. The third-order valence-electron chi connectivity index (χ3n) is 1.72. The van der Waals surface area contributed by atoms with Gasteiger partial charge in [-0.3, -0.25) is 4.79 Å². The van der Waals surface area contributed by atoms with Crippen LogP contribution in [-0.4, -0.2) is 35.6 Å². The third-order valence-corrected chi connectivity index (χ3v) is 1.72. The predicted octanol–water partition coefficient (Wildman–Crippen LogP) is 0.371. The standard InChI is InChI=1S/C7H12NO2/c9-7(10)3-6-8-4-1-2-5-8/h3H,1-2,4-6H2,(H,9,10). The molecule has 1 fully saturated rings. The van der Waals surface area contributed by atoms with Crippen molar-refractivity contribution in [2.45, 2.75) is 12.8 Å². The van der Waals surface area contributed by atoms with E-state index in [9.17, 15) is 4.79 Å². The van der Waals surface area contributed by atoms with E-state index in [1.54, 1.807) is 0 Å². The molecule has 0 atom stereocenters. The number of likely N-dealkylation sites (tertiary alicyclic amines) is 1. The van der Waals surface area contributed by atoms with Gasteiger partial charge in [-0.25, -0.2) is 0 Å². The third kappa shape index (κ3) is 2.35. The molecule has 1 aliphatic rings. The highest BCUT2D eigenvalue weighted by Gasteiger charge is 2.11. The van der Waals surface area contributed by atoms with Gasteiger partial charge in [0.25, 0.3) is 0 Å². The molecule has 1 radical (unpaired) electrons. The first kappa shape index (κ1) is 7.54. The highest BCUT2D eigenvalue weighted by atomic mass is 16.4. The van der Waals surface area contributed by atoms with Gasteiger partial charge in [0.05, 0.1) is 6.42 Å². The topological polar surface area (TPSA) is 40.5 Å². The maximum atomic E-state index is 10.1. The molecule has 57 valence electrons. The Bertz CT molecular complexity index is 119. The Hall–Kier alpha value is -0.570. The zero-order valence-electron chi connectivity index (χ0n) is 5.92. The summed E-state index contributed by atoms with van der Waals surface area (Å²) in [5.74, 6) is -0.813. The van der Waals surface area contributed by atoms with Gasteiger partial charge in [-0.1, -0.05) is 0 Å². The van der Waals surface area contributed by atoms with Gasteiger partial charge in [0.15, 0.2) is 0 Å². The highest BCUT2D eigenvalue weighted by molar-refractivity contribution is 5.76. The number of aliphatic carboxylic acids is 1. The van der Waals surface area contributed by atoms with Crippen molar-refractivity contribution in [2.24, 2.45) is 0 Å². The average Bonchev–Trinajstić information content (AvgIpc) is 2.34. The van der Waals surface area contributed by atoms with E-state index in [1.807, 2.05) is 0 Å². The van der Waals surface area contributed by atoms with E-state index in [0.717, 1.165) is 13.1 Å². The van der Waals surface area contributed by atoms with Crippen LogP contribution in [0.15, 0.2) is 0 Å². The number of rotatable bonds is 3. The molecule has 1 aliphatic heterocycles. The first-order valence-electron chi connectivity index (χ1n) is 3.57. The Morgan fingerprint density at radius 2 is 2.10 bits per heavy atom. The second-order valence-corrected chi connectivity index (χ2v) is 2.55. The molecule has 3 nitrogen and oxygen atoms in total. The van der Waals surface area contributed by atoms with Gasteiger partial charge in [0.1, 0.15) is 0 Å². The molecule has 1 saturated heterocycles. The number of carboxylic acids is 1. The molecule has 3 heteroatoms. The number of nitrogens with zero attached hydrogens (tertiary/aromatic N) is 1. The van der Waals surface area contributed by atoms with Gasteiger partial charge in [-0.05, 0) is 25.9 Å². The second kappa shape index (κ2) is 3.56. The lowest BCUT2D eigenvalue weighted by Gasteiger charge is -2.11. The zero-order chi connectivity index (χ0) is 7.40. The van der Waals surface area contributed by atoms with Crippen molar-refractivity contribution in [3.05, 3.63) is 6.42 Å². The maximum absolute atomic E-state index is 10.1. The molecule has 1 heterocycles. The number of hydrogen-bond acceptors (Lipinski definition) is 2. The monoisotopic (exact) mass is 142 g/mol. The molecule has 0 bridgehead atoms. The summed E-state index contributed by atoms with van der Waals surface area (Å²) in [4.78, 5) is 12.2. The second-order valence-electron chi connectivity index (χ2n) is 2.55. The first-order chi connectivity index (χ1) is 4.79.